The van der Waals surface area contributed by atoms with Gasteiger partial charge in [0.1, 0.15) is 12.4 Å². The summed E-state index contributed by atoms with van der Waals surface area (Å²) in [7, 11) is 1.61. The Morgan fingerprint density at radius 3 is 2.56 bits per heavy atom. The van der Waals surface area contributed by atoms with Gasteiger partial charge in [-0.15, -0.1) is 0 Å². The first kappa shape index (κ1) is 18.9. The van der Waals surface area contributed by atoms with Gasteiger partial charge in [0.15, 0.2) is 0 Å². The van der Waals surface area contributed by atoms with E-state index in [4.69, 9.17) is 9.47 Å². The fourth-order valence-electron chi connectivity index (χ4n) is 2.89. The number of carbonyl (C=O) groups excluding carboxylic acids is 2. The fourth-order valence-corrected chi connectivity index (χ4v) is 2.89. The second kappa shape index (κ2) is 9.19. The zero-order valence-electron chi connectivity index (χ0n) is 15.4. The molecule has 1 saturated heterocycles. The van der Waals surface area contributed by atoms with Gasteiger partial charge in [0.05, 0.1) is 12.6 Å². The standard InChI is InChI=1S/C21H24N2O4/c1-23(21(25)16-6-3-2-4-7-16)14-20(24)22-17-9-11-18(12-10-17)27-15-19-8-5-13-26-19/h2-4,6-7,9-12,19H,5,8,13-15H2,1H3,(H,22,24). The molecule has 2 aromatic carbocycles. The van der Waals surface area contributed by atoms with E-state index in [9.17, 15) is 9.59 Å². The largest absolute Gasteiger partial charge is 0.491 e. The van der Waals surface area contributed by atoms with Crippen LogP contribution in [0.1, 0.15) is 23.2 Å². The summed E-state index contributed by atoms with van der Waals surface area (Å²) in [6, 6.07) is 16.1. The van der Waals surface area contributed by atoms with Crippen LogP contribution in [0.5, 0.6) is 5.75 Å². The van der Waals surface area contributed by atoms with Crippen molar-refractivity contribution in [3.63, 3.8) is 0 Å². The number of nitrogens with one attached hydrogen (secondary N) is 1. The number of nitrogens with zero attached hydrogens (tertiary/aromatic N) is 1. The van der Waals surface area contributed by atoms with E-state index in [1.807, 2.05) is 18.2 Å². The SMILES string of the molecule is CN(CC(=O)Nc1ccc(OCC2CCCO2)cc1)C(=O)c1ccccc1. The van der Waals surface area contributed by atoms with Crippen molar-refractivity contribution >= 4 is 17.5 Å². The van der Waals surface area contributed by atoms with E-state index >= 15 is 0 Å². The van der Waals surface area contributed by atoms with E-state index in [0.717, 1.165) is 25.2 Å². The number of likely N-dealkylation sites (N-methyl/N-ethyl adjacent to an activating group) is 1. The lowest BCUT2D eigenvalue weighted by atomic mass is 10.2. The molecule has 6 heteroatoms. The lowest BCUT2D eigenvalue weighted by Crippen LogP contribution is -2.34. The Morgan fingerprint density at radius 1 is 1.15 bits per heavy atom. The molecule has 1 aliphatic rings. The molecular formula is C21H24N2O4. The summed E-state index contributed by atoms with van der Waals surface area (Å²) in [5.41, 5.74) is 1.21. The van der Waals surface area contributed by atoms with Crippen molar-refractivity contribution in [3.05, 3.63) is 60.2 Å². The first-order chi connectivity index (χ1) is 13.1. The van der Waals surface area contributed by atoms with Crippen molar-refractivity contribution in [2.24, 2.45) is 0 Å². The predicted molar refractivity (Wildman–Crippen MR) is 103 cm³/mol. The molecule has 2 aromatic rings. The molecule has 1 heterocycles. The summed E-state index contributed by atoms with van der Waals surface area (Å²) >= 11 is 0. The first-order valence-electron chi connectivity index (χ1n) is 9.06. The van der Waals surface area contributed by atoms with Gasteiger partial charge in [0.2, 0.25) is 5.91 Å². The summed E-state index contributed by atoms with van der Waals surface area (Å²) in [5.74, 6) is 0.290. The Kier molecular flexibility index (Phi) is 6.44. The Morgan fingerprint density at radius 2 is 1.89 bits per heavy atom. The maximum atomic E-state index is 12.3. The molecule has 0 spiro atoms. The molecule has 0 aromatic heterocycles. The smallest absolute Gasteiger partial charge is 0.254 e. The molecule has 3 rings (SSSR count). The van der Waals surface area contributed by atoms with Crippen LogP contribution in [-0.4, -0.2) is 49.6 Å². The molecule has 1 unspecified atom stereocenters. The van der Waals surface area contributed by atoms with Crippen molar-refractivity contribution < 1.29 is 19.1 Å². The van der Waals surface area contributed by atoms with E-state index in [1.54, 1.807) is 43.4 Å². The summed E-state index contributed by atoms with van der Waals surface area (Å²) in [4.78, 5) is 25.9. The molecule has 1 aliphatic heterocycles. The third kappa shape index (κ3) is 5.56. The normalized spacial score (nSPS) is 16.0. The minimum Gasteiger partial charge on any atom is -0.491 e. The van der Waals surface area contributed by atoms with Crippen molar-refractivity contribution in [3.8, 4) is 5.75 Å². The van der Waals surface area contributed by atoms with Gasteiger partial charge in [-0.2, -0.15) is 0 Å². The second-order valence-electron chi connectivity index (χ2n) is 6.55. The van der Waals surface area contributed by atoms with Gasteiger partial charge < -0.3 is 19.7 Å². The van der Waals surface area contributed by atoms with Crippen molar-refractivity contribution in [1.29, 1.82) is 0 Å². The van der Waals surface area contributed by atoms with E-state index < -0.39 is 0 Å². The van der Waals surface area contributed by atoms with E-state index in [0.29, 0.717) is 17.9 Å². The maximum absolute atomic E-state index is 12.3. The number of rotatable bonds is 7. The van der Waals surface area contributed by atoms with Crippen molar-refractivity contribution in [2.75, 3.05) is 32.1 Å². The summed E-state index contributed by atoms with van der Waals surface area (Å²) < 4.78 is 11.2. The van der Waals surface area contributed by atoms with E-state index in [2.05, 4.69) is 5.32 Å². The van der Waals surface area contributed by atoms with Gasteiger partial charge in [0, 0.05) is 24.9 Å². The zero-order valence-corrected chi connectivity index (χ0v) is 15.4. The molecule has 1 N–H and O–H groups in total. The average Bonchev–Trinajstić information content (AvgIpc) is 3.21. The van der Waals surface area contributed by atoms with Crippen molar-refractivity contribution in [2.45, 2.75) is 18.9 Å². The van der Waals surface area contributed by atoms with Crippen LogP contribution in [0.25, 0.3) is 0 Å². The van der Waals surface area contributed by atoms with Gasteiger partial charge in [-0.1, -0.05) is 18.2 Å². The number of ether oxygens (including phenoxy) is 2. The summed E-state index contributed by atoms with van der Waals surface area (Å²) in [6.07, 6.45) is 2.28. The Labute approximate surface area is 159 Å². The quantitative estimate of drug-likeness (QED) is 0.816. The van der Waals surface area contributed by atoms with Crippen LogP contribution in [0, 0.1) is 0 Å². The van der Waals surface area contributed by atoms with Crippen LogP contribution in [0.15, 0.2) is 54.6 Å². The minimum atomic E-state index is -0.255. The fraction of sp³-hybridized carbons (Fsp3) is 0.333. The van der Waals surface area contributed by atoms with Crippen LogP contribution >= 0.6 is 0 Å². The third-order valence-electron chi connectivity index (χ3n) is 4.35. The van der Waals surface area contributed by atoms with E-state index in [-0.39, 0.29) is 24.5 Å². The number of amides is 2. The molecule has 2 amide bonds. The molecule has 6 nitrogen and oxygen atoms in total. The van der Waals surface area contributed by atoms with Crippen LogP contribution in [0.4, 0.5) is 5.69 Å². The zero-order chi connectivity index (χ0) is 19.1. The lowest BCUT2D eigenvalue weighted by Gasteiger charge is -2.17. The van der Waals surface area contributed by atoms with Gasteiger partial charge in [0.25, 0.3) is 5.91 Å². The van der Waals surface area contributed by atoms with Crippen LogP contribution in [0.3, 0.4) is 0 Å². The van der Waals surface area contributed by atoms with Gasteiger partial charge in [-0.3, -0.25) is 9.59 Å². The lowest BCUT2D eigenvalue weighted by molar-refractivity contribution is -0.116. The highest BCUT2D eigenvalue weighted by atomic mass is 16.5. The highest BCUT2D eigenvalue weighted by molar-refractivity contribution is 5.99. The molecule has 1 atom stereocenters. The monoisotopic (exact) mass is 368 g/mol. The number of hydrogen-bond donors (Lipinski definition) is 1. The van der Waals surface area contributed by atoms with Crippen LogP contribution < -0.4 is 10.1 Å². The summed E-state index contributed by atoms with van der Waals surface area (Å²) in [5, 5.41) is 2.79. The number of hydrogen-bond acceptors (Lipinski definition) is 4. The van der Waals surface area contributed by atoms with Crippen molar-refractivity contribution in [1.82, 2.24) is 4.90 Å². The Balaban J connectivity index is 1.46. The maximum Gasteiger partial charge on any atom is 0.254 e. The average molecular weight is 368 g/mol. The van der Waals surface area contributed by atoms with Gasteiger partial charge in [-0.05, 0) is 49.2 Å². The predicted octanol–water partition coefficient (Wildman–Crippen LogP) is 2.96. The Hall–Kier alpha value is -2.86. The molecular weight excluding hydrogens is 344 g/mol. The molecule has 1 fully saturated rings. The van der Waals surface area contributed by atoms with Gasteiger partial charge >= 0.3 is 0 Å². The van der Waals surface area contributed by atoms with Gasteiger partial charge in [-0.25, -0.2) is 0 Å². The summed E-state index contributed by atoms with van der Waals surface area (Å²) in [6.45, 7) is 1.32. The molecule has 142 valence electrons. The van der Waals surface area contributed by atoms with Crippen LogP contribution in [0.2, 0.25) is 0 Å². The minimum absolute atomic E-state index is 0.0228. The molecule has 0 radical (unpaired) electrons. The molecule has 27 heavy (non-hydrogen) atoms. The first-order valence-corrected chi connectivity index (χ1v) is 9.06. The topological polar surface area (TPSA) is 67.9 Å². The number of carbonyl (C=O) groups is 2. The highest BCUT2D eigenvalue weighted by Gasteiger charge is 2.16. The number of benzene rings is 2. The Bertz CT molecular complexity index is 756. The molecule has 0 aliphatic carbocycles. The molecule has 0 bridgehead atoms. The second-order valence-corrected chi connectivity index (χ2v) is 6.55. The molecule has 0 saturated carbocycles. The third-order valence-corrected chi connectivity index (χ3v) is 4.35. The van der Waals surface area contributed by atoms with E-state index in [1.165, 1.54) is 4.90 Å². The number of anilines is 1. The highest BCUT2D eigenvalue weighted by Crippen LogP contribution is 2.18. The van der Waals surface area contributed by atoms with Crippen LogP contribution in [-0.2, 0) is 9.53 Å².